The lowest BCUT2D eigenvalue weighted by molar-refractivity contribution is 0.366. The number of halogens is 1. The van der Waals surface area contributed by atoms with Gasteiger partial charge in [-0.3, -0.25) is 0 Å². The highest BCUT2D eigenvalue weighted by atomic mass is 28.3. The normalized spacial score (nSPS) is 14.0. The van der Waals surface area contributed by atoms with Crippen LogP contribution in [0, 0.1) is 5.82 Å². The molecule has 0 amide bonds. The van der Waals surface area contributed by atoms with E-state index in [1.807, 2.05) is 66.7 Å². The Bertz CT molecular complexity index is 3600. The van der Waals surface area contributed by atoms with E-state index in [4.69, 9.17) is 11.3 Å². The summed E-state index contributed by atoms with van der Waals surface area (Å²) in [6, 6.07) is 73.0. The summed E-state index contributed by atoms with van der Waals surface area (Å²) in [7, 11) is -1.51. The van der Waals surface area contributed by atoms with Crippen molar-refractivity contribution in [2.24, 2.45) is 0 Å². The van der Waals surface area contributed by atoms with Crippen molar-refractivity contribution in [3.63, 3.8) is 0 Å². The Hall–Kier alpha value is -8.25. The van der Waals surface area contributed by atoms with E-state index in [9.17, 15) is 0 Å². The van der Waals surface area contributed by atoms with Gasteiger partial charge in [-0.1, -0.05) is 183 Å². The molecule has 0 aromatic heterocycles. The monoisotopic (exact) mass is 910 g/mol. The van der Waals surface area contributed by atoms with Crippen LogP contribution in [0.1, 0.15) is 5.56 Å². The van der Waals surface area contributed by atoms with E-state index in [1.165, 1.54) is 5.19 Å². The smallest absolute Gasteiger partial charge is 0.148 e. The third-order valence-corrected chi connectivity index (χ3v) is 15.3. The van der Waals surface area contributed by atoms with Gasteiger partial charge >= 0.3 is 0 Å². The zero-order valence-corrected chi connectivity index (χ0v) is 40.0. The van der Waals surface area contributed by atoms with Gasteiger partial charge in [-0.25, -0.2) is 4.39 Å². The molecule has 0 bridgehead atoms. The summed E-state index contributed by atoms with van der Waals surface area (Å²) in [5.41, 5.74) is 10.6. The Balaban J connectivity index is 1.11. The van der Waals surface area contributed by atoms with E-state index in [-0.39, 0.29) is 5.82 Å². The fourth-order valence-corrected chi connectivity index (χ4v) is 11.0. The molecule has 1 aliphatic heterocycles. The molecule has 1 heterocycles. The van der Waals surface area contributed by atoms with Gasteiger partial charge in [0.05, 0.1) is 19.4 Å². The van der Waals surface area contributed by atoms with E-state index in [0.717, 1.165) is 99.9 Å². The van der Waals surface area contributed by atoms with Crippen molar-refractivity contribution in [2.75, 3.05) is 16.4 Å². The van der Waals surface area contributed by atoms with Gasteiger partial charge in [0.25, 0.3) is 0 Å². The molecule has 0 saturated heterocycles. The Morgan fingerprint density at radius 3 is 1.71 bits per heavy atom. The van der Waals surface area contributed by atoms with Gasteiger partial charge in [0, 0.05) is 39.1 Å². The Morgan fingerprint density at radius 2 is 1.04 bits per heavy atom. The summed E-state index contributed by atoms with van der Waals surface area (Å²) in [6.45, 7) is 12.2. The lowest BCUT2D eigenvalue weighted by Crippen LogP contribution is -2.37. The first-order valence-corrected chi connectivity index (χ1v) is 27.1. The Labute approximate surface area is 405 Å². The highest BCUT2D eigenvalue weighted by Gasteiger charge is 2.27. The van der Waals surface area contributed by atoms with Crippen LogP contribution in [0.25, 0.3) is 60.1 Å². The van der Waals surface area contributed by atoms with Crippen molar-refractivity contribution < 1.29 is 9.13 Å². The number of para-hydroxylation sites is 2. The lowest BCUT2D eigenvalue weighted by Gasteiger charge is -2.30. The van der Waals surface area contributed by atoms with Gasteiger partial charge in [0.1, 0.15) is 18.2 Å². The molecule has 0 saturated carbocycles. The second-order valence-corrected chi connectivity index (χ2v) is 23.7. The lowest BCUT2D eigenvalue weighted by atomic mass is 9.89. The molecular formula is C64H51FN2OSi. The minimum Gasteiger partial charge on any atom is -0.489 e. The number of allylic oxidation sites excluding steroid dienone is 3. The maximum absolute atomic E-state index is 17.7. The Kier molecular flexibility index (Phi) is 11.4. The standard InChI is InChI=1S/C64H51FN2OSi/c1-44-32-33-51(66(48-24-13-7-14-25-48)50-34-36-52(37-35-50)69(2,3)4)38-39-68-62-31-19-30-55-59-43-61(54-29-18-17-28-53(54)58(59)42-56(44)63(55)62)67(49-26-15-8-16-27-49)64-57(46-22-11-6-12-23-46)40-47(41-60(64)65)45-20-9-5-10-21-45/h5-38,40-43H,1,39H2,2-4H3/b33-32-,51-38+. The summed E-state index contributed by atoms with van der Waals surface area (Å²) in [6.07, 6.45) is 6.46. The summed E-state index contributed by atoms with van der Waals surface area (Å²) < 4.78 is 24.5. The van der Waals surface area contributed by atoms with E-state index in [2.05, 4.69) is 187 Å². The molecule has 1 aliphatic rings. The first-order chi connectivity index (χ1) is 33.7. The second kappa shape index (κ2) is 18.1. The molecule has 334 valence electrons. The van der Waals surface area contributed by atoms with Crippen molar-refractivity contribution in [3.8, 4) is 28.0 Å². The summed E-state index contributed by atoms with van der Waals surface area (Å²) in [5, 5.41) is 7.55. The van der Waals surface area contributed by atoms with Crippen LogP contribution in [0.2, 0.25) is 19.6 Å². The third kappa shape index (κ3) is 8.21. The van der Waals surface area contributed by atoms with Crippen LogP contribution in [0.4, 0.5) is 32.8 Å². The summed E-state index contributed by atoms with van der Waals surface area (Å²) in [5.74, 6) is 0.448. The zero-order valence-electron chi connectivity index (χ0n) is 39.0. The number of benzene rings is 10. The highest BCUT2D eigenvalue weighted by Crippen LogP contribution is 2.50. The second-order valence-electron chi connectivity index (χ2n) is 18.7. The number of fused-ring (bicyclic) bond motifs is 4. The summed E-state index contributed by atoms with van der Waals surface area (Å²) >= 11 is 0. The van der Waals surface area contributed by atoms with Crippen LogP contribution in [0.15, 0.2) is 243 Å². The molecule has 0 spiro atoms. The van der Waals surface area contributed by atoms with Crippen LogP contribution in [0.5, 0.6) is 5.75 Å². The zero-order chi connectivity index (χ0) is 47.1. The van der Waals surface area contributed by atoms with Crippen molar-refractivity contribution in [3.05, 3.63) is 254 Å². The molecule has 5 heteroatoms. The molecule has 0 N–H and O–H groups in total. The van der Waals surface area contributed by atoms with Crippen LogP contribution in [-0.2, 0) is 0 Å². The maximum atomic E-state index is 17.7. The number of hydrogen-bond donors (Lipinski definition) is 0. The van der Waals surface area contributed by atoms with E-state index in [1.54, 1.807) is 6.07 Å². The first kappa shape index (κ1) is 43.3. The van der Waals surface area contributed by atoms with Crippen LogP contribution < -0.4 is 19.7 Å². The maximum Gasteiger partial charge on any atom is 0.148 e. The third-order valence-electron chi connectivity index (χ3n) is 13.3. The molecule has 69 heavy (non-hydrogen) atoms. The van der Waals surface area contributed by atoms with E-state index >= 15 is 4.39 Å². The van der Waals surface area contributed by atoms with Crippen LogP contribution >= 0.6 is 0 Å². The number of rotatable bonds is 9. The molecule has 0 atom stereocenters. The SMILES string of the molecule is C=C1/C=C\C(N(c2ccccc2)c2ccc([Si](C)(C)C)cc2)=C/COc2cccc3c2c1cc1c2ccccc2c(N(c2ccccc2)c2c(F)cc(-c4ccccc4)cc2-c2ccccc2)cc31. The molecule has 10 aromatic rings. The molecule has 3 nitrogen and oxygen atoms in total. The van der Waals surface area contributed by atoms with Crippen LogP contribution in [-0.4, -0.2) is 14.7 Å². The first-order valence-electron chi connectivity index (χ1n) is 23.6. The molecular weight excluding hydrogens is 860 g/mol. The van der Waals surface area contributed by atoms with Crippen molar-refractivity contribution >= 4 is 79.6 Å². The number of hydrogen-bond acceptors (Lipinski definition) is 3. The quantitative estimate of drug-likeness (QED) is 0.106. The van der Waals surface area contributed by atoms with E-state index in [0.29, 0.717) is 12.3 Å². The van der Waals surface area contributed by atoms with Gasteiger partial charge in [0.2, 0.25) is 0 Å². The van der Waals surface area contributed by atoms with Crippen molar-refractivity contribution in [1.82, 2.24) is 0 Å². The van der Waals surface area contributed by atoms with Gasteiger partial charge in [-0.2, -0.15) is 0 Å². The number of anilines is 5. The topological polar surface area (TPSA) is 15.7 Å². The average molecular weight is 911 g/mol. The Morgan fingerprint density at radius 1 is 0.478 bits per heavy atom. The van der Waals surface area contributed by atoms with Crippen LogP contribution in [0.3, 0.4) is 0 Å². The van der Waals surface area contributed by atoms with E-state index < -0.39 is 8.07 Å². The van der Waals surface area contributed by atoms with Gasteiger partial charge < -0.3 is 14.5 Å². The summed E-state index contributed by atoms with van der Waals surface area (Å²) in [4.78, 5) is 4.40. The fraction of sp³-hybridized carbons (Fsp3) is 0.0625. The highest BCUT2D eigenvalue weighted by molar-refractivity contribution is 6.88. The molecule has 0 fully saturated rings. The van der Waals surface area contributed by atoms with Gasteiger partial charge in [-0.05, 0) is 128 Å². The number of nitrogens with zero attached hydrogens (tertiary/aromatic N) is 2. The average Bonchev–Trinajstić information content (AvgIpc) is 3.39. The predicted octanol–water partition coefficient (Wildman–Crippen LogP) is 17.3. The minimum absolute atomic E-state index is 0.321. The van der Waals surface area contributed by atoms with Gasteiger partial charge in [-0.15, -0.1) is 0 Å². The predicted molar refractivity (Wildman–Crippen MR) is 294 cm³/mol. The van der Waals surface area contributed by atoms with Gasteiger partial charge in [0.15, 0.2) is 0 Å². The number of ether oxygens (including phenoxy) is 1. The largest absolute Gasteiger partial charge is 0.489 e. The van der Waals surface area contributed by atoms with Crippen molar-refractivity contribution in [1.29, 1.82) is 0 Å². The molecule has 10 aromatic carbocycles. The molecule has 0 aliphatic carbocycles. The van der Waals surface area contributed by atoms with Crippen molar-refractivity contribution in [2.45, 2.75) is 19.6 Å². The molecule has 0 unspecified atom stereocenters. The molecule has 0 radical (unpaired) electrons. The molecule has 11 rings (SSSR count). The minimum atomic E-state index is -1.51. The fourth-order valence-electron chi connectivity index (χ4n) is 9.85.